The Morgan fingerprint density at radius 1 is 1.43 bits per heavy atom. The Labute approximate surface area is 94.1 Å². The summed E-state index contributed by atoms with van der Waals surface area (Å²) < 4.78 is 0. The second-order valence-corrected chi connectivity index (χ2v) is 5.03. The van der Waals surface area contributed by atoms with Crippen molar-refractivity contribution in [3.8, 4) is 0 Å². The Morgan fingerprint density at radius 2 is 2.21 bits per heavy atom. The number of likely N-dealkylation sites (tertiary alicyclic amines) is 1. The van der Waals surface area contributed by atoms with Crippen molar-refractivity contribution in [1.29, 1.82) is 0 Å². The molecule has 84 valence electrons. The predicted octanol–water partition coefficient (Wildman–Crippen LogP) is 1.58. The lowest BCUT2D eigenvalue weighted by molar-refractivity contribution is 0.298. The Bertz CT molecular complexity index is 152. The van der Waals surface area contributed by atoms with Gasteiger partial charge in [-0.15, -0.1) is 0 Å². The van der Waals surface area contributed by atoms with Crippen molar-refractivity contribution in [3.63, 3.8) is 0 Å². The minimum Gasteiger partial charge on any atom is -0.306 e. The summed E-state index contributed by atoms with van der Waals surface area (Å²) >= 11 is 4.23. The minimum absolute atomic E-state index is 0.943. The third-order valence-corrected chi connectivity index (χ3v) is 3.42. The van der Waals surface area contributed by atoms with Crippen molar-refractivity contribution in [2.24, 2.45) is 5.92 Å². The molecule has 0 aromatic rings. The van der Waals surface area contributed by atoms with Crippen molar-refractivity contribution in [3.05, 3.63) is 0 Å². The third kappa shape index (κ3) is 4.67. The molecular formula is C11H24N2S. The van der Waals surface area contributed by atoms with Crippen LogP contribution in [0.15, 0.2) is 0 Å². The zero-order valence-electron chi connectivity index (χ0n) is 9.58. The van der Waals surface area contributed by atoms with E-state index in [0.29, 0.717) is 0 Å². The lowest BCUT2D eigenvalue weighted by atomic mass is 10.1. The van der Waals surface area contributed by atoms with Crippen LogP contribution in [0.3, 0.4) is 0 Å². The van der Waals surface area contributed by atoms with Gasteiger partial charge in [-0.1, -0.05) is 0 Å². The minimum atomic E-state index is 0.943. The highest BCUT2D eigenvalue weighted by atomic mass is 32.1. The van der Waals surface area contributed by atoms with Gasteiger partial charge in [-0.05, 0) is 64.7 Å². The molecule has 2 nitrogen and oxygen atoms in total. The van der Waals surface area contributed by atoms with E-state index in [1.54, 1.807) is 0 Å². The molecule has 1 atom stereocenters. The van der Waals surface area contributed by atoms with Crippen LogP contribution in [-0.2, 0) is 0 Å². The maximum absolute atomic E-state index is 4.23. The Balaban J connectivity index is 2.02. The van der Waals surface area contributed by atoms with E-state index < -0.39 is 0 Å². The topological polar surface area (TPSA) is 6.48 Å². The van der Waals surface area contributed by atoms with Gasteiger partial charge in [0.2, 0.25) is 0 Å². The number of thiol groups is 1. The van der Waals surface area contributed by atoms with Crippen LogP contribution in [-0.4, -0.2) is 55.8 Å². The summed E-state index contributed by atoms with van der Waals surface area (Å²) in [6, 6.07) is 0. The number of nitrogens with zero attached hydrogens (tertiary/aromatic N) is 2. The lowest BCUT2D eigenvalue weighted by Gasteiger charge is -2.18. The number of rotatable bonds is 6. The second kappa shape index (κ2) is 6.70. The number of hydrogen-bond acceptors (Lipinski definition) is 3. The molecular weight excluding hydrogens is 192 g/mol. The molecule has 0 saturated carbocycles. The normalized spacial score (nSPS) is 23.6. The van der Waals surface area contributed by atoms with E-state index in [9.17, 15) is 0 Å². The van der Waals surface area contributed by atoms with E-state index in [1.807, 2.05) is 0 Å². The van der Waals surface area contributed by atoms with E-state index in [4.69, 9.17) is 0 Å². The van der Waals surface area contributed by atoms with Crippen LogP contribution in [0.1, 0.15) is 19.3 Å². The molecule has 1 heterocycles. The average molecular weight is 216 g/mol. The number of hydrogen-bond donors (Lipinski definition) is 1. The molecule has 0 aromatic carbocycles. The SMILES string of the molecule is CN(CCCS)CCC1CCN(C)C1. The molecule has 0 aromatic heterocycles. The van der Waals surface area contributed by atoms with Crippen molar-refractivity contribution in [2.45, 2.75) is 19.3 Å². The first-order valence-corrected chi connectivity index (χ1v) is 6.33. The fourth-order valence-electron chi connectivity index (χ4n) is 2.12. The summed E-state index contributed by atoms with van der Waals surface area (Å²) in [5.41, 5.74) is 0. The smallest absolute Gasteiger partial charge is 0.000756 e. The van der Waals surface area contributed by atoms with Gasteiger partial charge in [-0.3, -0.25) is 0 Å². The molecule has 1 rings (SSSR count). The quantitative estimate of drug-likeness (QED) is 0.674. The highest BCUT2D eigenvalue weighted by Gasteiger charge is 2.19. The summed E-state index contributed by atoms with van der Waals surface area (Å²) in [5, 5.41) is 0. The van der Waals surface area contributed by atoms with Gasteiger partial charge in [0.1, 0.15) is 0 Å². The summed E-state index contributed by atoms with van der Waals surface area (Å²) in [6.45, 7) is 5.06. The van der Waals surface area contributed by atoms with Crippen molar-refractivity contribution in [1.82, 2.24) is 9.80 Å². The summed E-state index contributed by atoms with van der Waals surface area (Å²) in [4.78, 5) is 4.88. The monoisotopic (exact) mass is 216 g/mol. The molecule has 1 fully saturated rings. The third-order valence-electron chi connectivity index (χ3n) is 3.11. The first kappa shape index (κ1) is 12.3. The van der Waals surface area contributed by atoms with Crippen LogP contribution in [0.5, 0.6) is 0 Å². The largest absolute Gasteiger partial charge is 0.306 e. The molecule has 0 N–H and O–H groups in total. The maximum Gasteiger partial charge on any atom is 0.000756 e. The fraction of sp³-hybridized carbons (Fsp3) is 1.00. The summed E-state index contributed by atoms with van der Waals surface area (Å²) in [5.74, 6) is 1.95. The Morgan fingerprint density at radius 3 is 2.79 bits per heavy atom. The summed E-state index contributed by atoms with van der Waals surface area (Å²) in [6.07, 6.45) is 3.98. The Hall–Kier alpha value is 0.270. The van der Waals surface area contributed by atoms with Crippen LogP contribution in [0.2, 0.25) is 0 Å². The van der Waals surface area contributed by atoms with Gasteiger partial charge >= 0.3 is 0 Å². The van der Waals surface area contributed by atoms with Gasteiger partial charge < -0.3 is 9.80 Å². The molecule has 1 aliphatic heterocycles. The van der Waals surface area contributed by atoms with Gasteiger partial charge in [-0.25, -0.2) is 0 Å². The van der Waals surface area contributed by atoms with Crippen LogP contribution >= 0.6 is 12.6 Å². The molecule has 0 spiro atoms. The van der Waals surface area contributed by atoms with Gasteiger partial charge in [0.15, 0.2) is 0 Å². The van der Waals surface area contributed by atoms with E-state index in [0.717, 1.165) is 11.7 Å². The molecule has 3 heteroatoms. The highest BCUT2D eigenvalue weighted by molar-refractivity contribution is 7.80. The molecule has 0 bridgehead atoms. The molecule has 0 radical (unpaired) electrons. The van der Waals surface area contributed by atoms with Crippen LogP contribution in [0.25, 0.3) is 0 Å². The molecule has 14 heavy (non-hydrogen) atoms. The maximum atomic E-state index is 4.23. The van der Waals surface area contributed by atoms with Gasteiger partial charge in [0.25, 0.3) is 0 Å². The zero-order chi connectivity index (χ0) is 10.4. The molecule has 1 aliphatic rings. The average Bonchev–Trinajstić information content (AvgIpc) is 2.58. The summed E-state index contributed by atoms with van der Waals surface area (Å²) in [7, 11) is 4.45. The van der Waals surface area contributed by atoms with Crippen molar-refractivity contribution >= 4 is 12.6 Å². The van der Waals surface area contributed by atoms with Crippen LogP contribution in [0.4, 0.5) is 0 Å². The predicted molar refractivity (Wildman–Crippen MR) is 66.2 cm³/mol. The van der Waals surface area contributed by atoms with Gasteiger partial charge in [-0.2, -0.15) is 12.6 Å². The van der Waals surface area contributed by atoms with Gasteiger partial charge in [0, 0.05) is 6.54 Å². The zero-order valence-corrected chi connectivity index (χ0v) is 10.5. The van der Waals surface area contributed by atoms with Crippen molar-refractivity contribution < 1.29 is 0 Å². The molecule has 1 saturated heterocycles. The Kier molecular flexibility index (Phi) is 5.90. The first-order valence-electron chi connectivity index (χ1n) is 5.70. The standard InChI is InChI=1S/C11H24N2S/c1-12(6-3-9-14)7-4-11-5-8-13(2)10-11/h11,14H,3-10H2,1-2H3. The van der Waals surface area contributed by atoms with E-state index in [1.165, 1.54) is 45.4 Å². The van der Waals surface area contributed by atoms with E-state index >= 15 is 0 Å². The van der Waals surface area contributed by atoms with E-state index in [-0.39, 0.29) is 0 Å². The van der Waals surface area contributed by atoms with Crippen LogP contribution in [0, 0.1) is 5.92 Å². The van der Waals surface area contributed by atoms with Crippen molar-refractivity contribution in [2.75, 3.05) is 46.0 Å². The first-order chi connectivity index (χ1) is 6.72. The second-order valence-electron chi connectivity index (χ2n) is 4.59. The lowest BCUT2D eigenvalue weighted by Crippen LogP contribution is -2.24. The van der Waals surface area contributed by atoms with Crippen LogP contribution < -0.4 is 0 Å². The van der Waals surface area contributed by atoms with E-state index in [2.05, 4.69) is 36.5 Å². The highest BCUT2D eigenvalue weighted by Crippen LogP contribution is 2.17. The molecule has 0 amide bonds. The fourth-order valence-corrected chi connectivity index (χ4v) is 2.26. The molecule has 0 aliphatic carbocycles. The molecule has 1 unspecified atom stereocenters. The van der Waals surface area contributed by atoms with Gasteiger partial charge in [0.05, 0.1) is 0 Å².